The number of amides is 2. The highest BCUT2D eigenvalue weighted by molar-refractivity contribution is 5.87. The van der Waals surface area contributed by atoms with E-state index in [9.17, 15) is 18.4 Å². The summed E-state index contributed by atoms with van der Waals surface area (Å²) in [7, 11) is 3.10. The molecule has 0 aliphatic carbocycles. The van der Waals surface area contributed by atoms with Crippen LogP contribution in [0.3, 0.4) is 0 Å². The summed E-state index contributed by atoms with van der Waals surface area (Å²) in [5, 5.41) is 5.92. The van der Waals surface area contributed by atoms with Gasteiger partial charge in [-0.15, -0.1) is 0 Å². The number of carbonyl (C=O) groups excluding carboxylic acids is 2. The molecule has 2 N–H and O–H groups in total. The number of ether oxygens (including phenoxy) is 4. The summed E-state index contributed by atoms with van der Waals surface area (Å²) in [6.45, 7) is 8.98. The first-order valence-corrected chi connectivity index (χ1v) is 17.1. The number of rotatable bonds is 12. The molecule has 2 amide bonds. The molecule has 0 radical (unpaired) electrons. The van der Waals surface area contributed by atoms with Gasteiger partial charge in [-0.3, -0.25) is 9.59 Å². The molecule has 5 heterocycles. The molecule has 284 valence electrons. The summed E-state index contributed by atoms with van der Waals surface area (Å²) in [5.74, 6) is -0.428. The number of likely N-dealkylation sites (tertiary alicyclic amines) is 2. The molecular formula is C37H41F2N9O6. The largest absolute Gasteiger partial charge is 0.497 e. The average molecular weight is 746 g/mol. The zero-order valence-corrected chi connectivity index (χ0v) is 29.9. The Labute approximate surface area is 311 Å². The standard InChI is InChI=1S/C19H21FN4O3.C18H20FN5O3/c1-3-17(25)24-9-5-8-15(12-24)27-18-16(20)11-21-19(23-18)22-13-6-4-7-14(10-13)26-2;1-3-16(25)24-8-4-5-13(11-24)27-17-14(19)10-21-18(23-17)22-12-6-7-15(26-2)20-9-12/h3-4,6-7,10-11,15H,1,5,8-9,12H2,2H3,(H,21,22,23);3,6-7,9-10,13H,1,4-5,8,11H2,2H3,(H,21,22,23). The van der Waals surface area contributed by atoms with Gasteiger partial charge in [0.2, 0.25) is 41.2 Å². The van der Waals surface area contributed by atoms with Crippen molar-refractivity contribution < 1.29 is 37.3 Å². The lowest BCUT2D eigenvalue weighted by Crippen LogP contribution is -2.43. The summed E-state index contributed by atoms with van der Waals surface area (Å²) in [4.78, 5) is 46.9. The third kappa shape index (κ3) is 10.8. The average Bonchev–Trinajstić information content (AvgIpc) is 3.20. The summed E-state index contributed by atoms with van der Waals surface area (Å²) in [6, 6.07) is 10.6. The van der Waals surface area contributed by atoms with Crippen molar-refractivity contribution in [2.24, 2.45) is 0 Å². The molecule has 54 heavy (non-hydrogen) atoms. The van der Waals surface area contributed by atoms with Gasteiger partial charge in [0, 0.05) is 30.9 Å². The van der Waals surface area contributed by atoms with Crippen molar-refractivity contribution >= 4 is 35.1 Å². The van der Waals surface area contributed by atoms with Crippen molar-refractivity contribution in [1.82, 2.24) is 34.7 Å². The van der Waals surface area contributed by atoms with Gasteiger partial charge in [-0.2, -0.15) is 18.7 Å². The van der Waals surface area contributed by atoms with Crippen molar-refractivity contribution in [1.29, 1.82) is 0 Å². The maximum absolute atomic E-state index is 14.1. The predicted octanol–water partition coefficient (Wildman–Crippen LogP) is 5.24. The molecule has 17 heteroatoms. The van der Waals surface area contributed by atoms with E-state index in [0.717, 1.165) is 25.2 Å². The second-order valence-electron chi connectivity index (χ2n) is 12.0. The monoisotopic (exact) mass is 745 g/mol. The van der Waals surface area contributed by atoms with Crippen molar-refractivity contribution in [3.8, 4) is 23.4 Å². The molecule has 2 unspecified atom stereocenters. The van der Waals surface area contributed by atoms with Crippen LogP contribution in [-0.4, -0.2) is 99.1 Å². The van der Waals surface area contributed by atoms with Crippen LogP contribution in [0.5, 0.6) is 23.4 Å². The van der Waals surface area contributed by atoms with Gasteiger partial charge in [0.05, 0.1) is 51.6 Å². The Morgan fingerprint density at radius 3 is 1.80 bits per heavy atom. The molecule has 2 atom stereocenters. The Hall–Kier alpha value is -6.39. The molecule has 0 spiro atoms. The fraction of sp³-hybridized carbons (Fsp3) is 0.324. The first-order chi connectivity index (χ1) is 26.2. The van der Waals surface area contributed by atoms with Crippen LogP contribution in [0.4, 0.5) is 32.1 Å². The van der Waals surface area contributed by atoms with E-state index in [1.54, 1.807) is 41.3 Å². The molecule has 1 aromatic carbocycles. The van der Waals surface area contributed by atoms with Crippen LogP contribution in [-0.2, 0) is 9.59 Å². The summed E-state index contributed by atoms with van der Waals surface area (Å²) in [6.07, 6.45) is 8.44. The van der Waals surface area contributed by atoms with Gasteiger partial charge < -0.3 is 39.4 Å². The van der Waals surface area contributed by atoms with Gasteiger partial charge in [-0.25, -0.2) is 15.0 Å². The second-order valence-corrected chi connectivity index (χ2v) is 12.0. The summed E-state index contributed by atoms with van der Waals surface area (Å²) in [5.41, 5.74) is 1.32. The van der Waals surface area contributed by atoms with Gasteiger partial charge in [-0.05, 0) is 56.0 Å². The summed E-state index contributed by atoms with van der Waals surface area (Å²) < 4.78 is 49.8. The lowest BCUT2D eigenvalue weighted by Gasteiger charge is -2.32. The predicted molar refractivity (Wildman–Crippen MR) is 195 cm³/mol. The van der Waals surface area contributed by atoms with Crippen LogP contribution in [0.15, 0.2) is 80.3 Å². The molecule has 2 fully saturated rings. The highest BCUT2D eigenvalue weighted by Crippen LogP contribution is 2.25. The zero-order valence-electron chi connectivity index (χ0n) is 29.9. The van der Waals surface area contributed by atoms with Crippen LogP contribution in [0.2, 0.25) is 0 Å². The quantitative estimate of drug-likeness (QED) is 0.181. The Balaban J connectivity index is 0.000000208. The Kier molecular flexibility index (Phi) is 13.6. The SMILES string of the molecule is C=CC(=O)N1CCCC(Oc2nc(Nc3ccc(OC)nc3)ncc2F)C1.C=CC(=O)N1CCCC(Oc2nc(Nc3cccc(OC)c3)ncc2F)C1. The van der Waals surface area contributed by atoms with E-state index in [2.05, 4.69) is 48.7 Å². The molecule has 2 saturated heterocycles. The molecule has 3 aromatic heterocycles. The van der Waals surface area contributed by atoms with E-state index < -0.39 is 11.6 Å². The molecular weight excluding hydrogens is 704 g/mol. The number of benzene rings is 1. The maximum atomic E-state index is 14.1. The normalized spacial score (nSPS) is 16.5. The number of nitrogens with one attached hydrogen (secondary N) is 2. The van der Waals surface area contributed by atoms with Crippen molar-refractivity contribution in [2.45, 2.75) is 37.9 Å². The van der Waals surface area contributed by atoms with E-state index in [-0.39, 0.29) is 47.7 Å². The lowest BCUT2D eigenvalue weighted by atomic mass is 10.1. The Bertz CT molecular complexity index is 1920. The van der Waals surface area contributed by atoms with E-state index in [1.165, 1.54) is 19.3 Å². The Morgan fingerprint density at radius 2 is 1.31 bits per heavy atom. The van der Waals surface area contributed by atoms with Gasteiger partial charge in [0.15, 0.2) is 0 Å². The summed E-state index contributed by atoms with van der Waals surface area (Å²) >= 11 is 0. The number of nitrogens with zero attached hydrogens (tertiary/aromatic N) is 7. The number of hydrogen-bond acceptors (Lipinski definition) is 13. The number of anilines is 4. The third-order valence-corrected chi connectivity index (χ3v) is 8.24. The smallest absolute Gasteiger partial charge is 0.255 e. The molecule has 0 bridgehead atoms. The van der Waals surface area contributed by atoms with E-state index in [1.807, 2.05) is 18.2 Å². The topological polar surface area (TPSA) is 166 Å². The second kappa shape index (κ2) is 18.9. The van der Waals surface area contributed by atoms with Crippen LogP contribution >= 0.6 is 0 Å². The minimum atomic E-state index is -0.666. The molecule has 2 aliphatic rings. The molecule has 15 nitrogen and oxygen atoms in total. The van der Waals surface area contributed by atoms with Gasteiger partial charge in [0.25, 0.3) is 11.8 Å². The van der Waals surface area contributed by atoms with E-state index in [4.69, 9.17) is 18.9 Å². The molecule has 6 rings (SSSR count). The van der Waals surface area contributed by atoms with Crippen LogP contribution < -0.4 is 29.6 Å². The number of hydrogen-bond donors (Lipinski definition) is 2. The van der Waals surface area contributed by atoms with Crippen molar-refractivity contribution in [3.63, 3.8) is 0 Å². The highest BCUT2D eigenvalue weighted by atomic mass is 19.1. The lowest BCUT2D eigenvalue weighted by molar-refractivity contribution is -0.129. The molecule has 4 aromatic rings. The molecule has 0 saturated carbocycles. The number of piperidine rings is 2. The van der Waals surface area contributed by atoms with Gasteiger partial charge >= 0.3 is 0 Å². The highest BCUT2D eigenvalue weighted by Gasteiger charge is 2.26. The first-order valence-electron chi connectivity index (χ1n) is 17.1. The van der Waals surface area contributed by atoms with Crippen LogP contribution in [0.1, 0.15) is 25.7 Å². The fourth-order valence-corrected chi connectivity index (χ4v) is 5.57. The van der Waals surface area contributed by atoms with E-state index in [0.29, 0.717) is 62.0 Å². The van der Waals surface area contributed by atoms with Crippen molar-refractivity contribution in [3.05, 3.63) is 91.9 Å². The van der Waals surface area contributed by atoms with Crippen LogP contribution in [0.25, 0.3) is 0 Å². The zero-order chi connectivity index (χ0) is 38.5. The first kappa shape index (κ1) is 38.8. The maximum Gasteiger partial charge on any atom is 0.255 e. The third-order valence-electron chi connectivity index (χ3n) is 8.24. The molecule has 2 aliphatic heterocycles. The minimum Gasteiger partial charge on any atom is -0.497 e. The number of halogens is 2. The van der Waals surface area contributed by atoms with Gasteiger partial charge in [0.1, 0.15) is 18.0 Å². The van der Waals surface area contributed by atoms with Crippen LogP contribution in [0, 0.1) is 11.6 Å². The van der Waals surface area contributed by atoms with E-state index >= 15 is 0 Å². The number of methoxy groups -OCH3 is 2. The number of pyridine rings is 1. The van der Waals surface area contributed by atoms with Crippen molar-refractivity contribution in [2.75, 3.05) is 51.0 Å². The number of aromatic nitrogens is 5. The van der Waals surface area contributed by atoms with Gasteiger partial charge in [-0.1, -0.05) is 19.2 Å². The number of carbonyl (C=O) groups is 2. The minimum absolute atomic E-state index is 0.145. The Morgan fingerprint density at radius 1 is 0.759 bits per heavy atom. The fourth-order valence-electron chi connectivity index (χ4n) is 5.57.